The van der Waals surface area contributed by atoms with Crippen LogP contribution in [0.1, 0.15) is 72.1 Å². The van der Waals surface area contributed by atoms with E-state index < -0.39 is 0 Å². The lowest BCUT2D eigenvalue weighted by molar-refractivity contribution is -0.0423. The van der Waals surface area contributed by atoms with Crippen LogP contribution in [0.3, 0.4) is 0 Å². The summed E-state index contributed by atoms with van der Waals surface area (Å²) >= 11 is 0. The average molecular weight is 360 g/mol. The third-order valence-corrected chi connectivity index (χ3v) is 9.04. The van der Waals surface area contributed by atoms with Gasteiger partial charge in [-0.15, -0.1) is 0 Å². The minimum Gasteiger partial charge on any atom is -0.394 e. The van der Waals surface area contributed by atoms with Crippen LogP contribution < -0.4 is 0 Å². The van der Waals surface area contributed by atoms with Gasteiger partial charge in [0.1, 0.15) is 0 Å². The highest BCUT2D eigenvalue weighted by molar-refractivity contribution is 5.85. The van der Waals surface area contributed by atoms with E-state index in [0.717, 1.165) is 30.6 Å². The van der Waals surface area contributed by atoms with Crippen molar-refractivity contribution in [2.24, 2.45) is 39.5 Å². The standard InChI is InChI=1S/C23H37NO2/c1-15(24-12-13-25)19-6-7-20-18-5-4-16-14-17(26)8-10-22(16,2)21(18)9-11-23(19,20)3/h4,17-21,25-26H,5-14H2,1-3H3/t17-,18+,19-,20+,21+,22+,23-/m1/s1. The lowest BCUT2D eigenvalue weighted by atomic mass is 9.47. The molecule has 0 heterocycles. The maximum atomic E-state index is 10.1. The smallest absolute Gasteiger partial charge is 0.0626 e. The molecule has 7 atom stereocenters. The molecule has 4 aliphatic carbocycles. The van der Waals surface area contributed by atoms with Gasteiger partial charge in [0.15, 0.2) is 0 Å². The highest BCUT2D eigenvalue weighted by Crippen LogP contribution is 2.66. The normalized spacial score (nSPS) is 48.4. The number of aliphatic hydroxyl groups excluding tert-OH is 2. The Morgan fingerprint density at radius 1 is 1.15 bits per heavy atom. The van der Waals surface area contributed by atoms with Crippen molar-refractivity contribution in [3.05, 3.63) is 11.6 Å². The first kappa shape index (κ1) is 18.7. The van der Waals surface area contributed by atoms with Gasteiger partial charge in [0.25, 0.3) is 0 Å². The van der Waals surface area contributed by atoms with Crippen molar-refractivity contribution in [1.29, 1.82) is 0 Å². The summed E-state index contributed by atoms with van der Waals surface area (Å²) in [5.41, 5.74) is 3.57. The summed E-state index contributed by atoms with van der Waals surface area (Å²) in [6, 6.07) is 0. The second-order valence-corrected chi connectivity index (χ2v) is 10.1. The molecular formula is C23H37NO2. The molecule has 3 fully saturated rings. The topological polar surface area (TPSA) is 52.8 Å². The van der Waals surface area contributed by atoms with E-state index in [2.05, 4.69) is 31.8 Å². The van der Waals surface area contributed by atoms with Crippen molar-refractivity contribution in [2.75, 3.05) is 13.2 Å². The Hall–Kier alpha value is -0.670. The minimum absolute atomic E-state index is 0.110. The van der Waals surface area contributed by atoms with E-state index in [0.29, 0.717) is 23.3 Å². The van der Waals surface area contributed by atoms with Crippen molar-refractivity contribution in [3.8, 4) is 0 Å². The van der Waals surface area contributed by atoms with Crippen LogP contribution in [0, 0.1) is 34.5 Å². The molecule has 0 aromatic rings. The second kappa shape index (κ2) is 6.74. The average Bonchev–Trinajstić information content (AvgIpc) is 2.97. The fourth-order valence-electron chi connectivity index (χ4n) is 7.66. The summed E-state index contributed by atoms with van der Waals surface area (Å²) < 4.78 is 0. The zero-order chi connectivity index (χ0) is 18.5. The van der Waals surface area contributed by atoms with Crippen LogP contribution >= 0.6 is 0 Å². The molecule has 26 heavy (non-hydrogen) atoms. The molecule has 0 aromatic heterocycles. The van der Waals surface area contributed by atoms with Crippen LogP contribution in [0.15, 0.2) is 16.6 Å². The summed E-state index contributed by atoms with van der Waals surface area (Å²) in [4.78, 5) is 4.68. The van der Waals surface area contributed by atoms with Crippen LogP contribution in [-0.2, 0) is 0 Å². The summed E-state index contributed by atoms with van der Waals surface area (Å²) in [6.07, 6.45) is 12.0. The Bertz CT molecular complexity index is 611. The molecule has 0 aromatic carbocycles. The Balaban J connectivity index is 1.60. The molecule has 0 radical (unpaired) electrons. The van der Waals surface area contributed by atoms with Gasteiger partial charge in [-0.05, 0) is 86.9 Å². The Kier molecular flexibility index (Phi) is 4.84. The molecule has 0 amide bonds. The monoisotopic (exact) mass is 359 g/mol. The first-order valence-electron chi connectivity index (χ1n) is 10.9. The van der Waals surface area contributed by atoms with Crippen molar-refractivity contribution in [3.63, 3.8) is 0 Å². The van der Waals surface area contributed by atoms with Crippen LogP contribution in [-0.4, -0.2) is 35.2 Å². The first-order valence-corrected chi connectivity index (χ1v) is 10.9. The van der Waals surface area contributed by atoms with E-state index in [9.17, 15) is 5.11 Å². The molecule has 4 rings (SSSR count). The lowest BCUT2D eigenvalue weighted by Gasteiger charge is -2.58. The maximum absolute atomic E-state index is 10.1. The van der Waals surface area contributed by atoms with Gasteiger partial charge in [-0.25, -0.2) is 0 Å². The second-order valence-electron chi connectivity index (χ2n) is 10.1. The van der Waals surface area contributed by atoms with Gasteiger partial charge in [0, 0.05) is 11.6 Å². The van der Waals surface area contributed by atoms with Gasteiger partial charge >= 0.3 is 0 Å². The van der Waals surface area contributed by atoms with E-state index in [4.69, 9.17) is 5.11 Å². The van der Waals surface area contributed by atoms with Gasteiger partial charge in [0.2, 0.25) is 0 Å². The van der Waals surface area contributed by atoms with Gasteiger partial charge in [-0.3, -0.25) is 4.99 Å². The molecule has 0 bridgehead atoms. The summed E-state index contributed by atoms with van der Waals surface area (Å²) in [7, 11) is 0. The summed E-state index contributed by atoms with van der Waals surface area (Å²) in [5.74, 6) is 3.04. The quantitative estimate of drug-likeness (QED) is 0.580. The zero-order valence-corrected chi connectivity index (χ0v) is 16.9. The predicted octanol–water partition coefficient (Wildman–Crippen LogP) is 4.38. The minimum atomic E-state index is -0.110. The summed E-state index contributed by atoms with van der Waals surface area (Å²) in [6.45, 7) is 7.96. The highest BCUT2D eigenvalue weighted by atomic mass is 16.3. The van der Waals surface area contributed by atoms with E-state index >= 15 is 0 Å². The number of fused-ring (bicyclic) bond motifs is 5. The predicted molar refractivity (Wildman–Crippen MR) is 106 cm³/mol. The fraction of sp³-hybridized carbons (Fsp3) is 0.870. The van der Waals surface area contributed by atoms with E-state index in [1.165, 1.54) is 44.2 Å². The zero-order valence-electron chi connectivity index (χ0n) is 16.9. The SMILES string of the molecule is CC(=NCCO)[C@H]1CC[C@H]2[C@@H]3CC=C4C[C@H](O)CC[C@]4(C)[C@H]3CC[C@]12C. The third kappa shape index (κ3) is 2.73. The van der Waals surface area contributed by atoms with Gasteiger partial charge in [0.05, 0.1) is 19.3 Å². The molecular weight excluding hydrogens is 322 g/mol. The number of nitrogens with zero attached hydrogens (tertiary/aromatic N) is 1. The van der Waals surface area contributed by atoms with Crippen molar-refractivity contribution in [2.45, 2.75) is 78.2 Å². The molecule has 0 spiro atoms. The van der Waals surface area contributed by atoms with Crippen LogP contribution in [0.5, 0.6) is 0 Å². The Morgan fingerprint density at radius 3 is 2.73 bits per heavy atom. The molecule has 146 valence electrons. The number of hydrogen-bond donors (Lipinski definition) is 2. The fourth-order valence-corrected chi connectivity index (χ4v) is 7.66. The summed E-state index contributed by atoms with van der Waals surface area (Å²) in [5, 5.41) is 19.3. The molecule has 3 saturated carbocycles. The Labute approximate surface area is 159 Å². The molecule has 0 saturated heterocycles. The number of aliphatic imine (C=N–C) groups is 1. The van der Waals surface area contributed by atoms with E-state index in [1.54, 1.807) is 5.57 Å². The van der Waals surface area contributed by atoms with Crippen molar-refractivity contribution in [1.82, 2.24) is 0 Å². The number of rotatable bonds is 3. The van der Waals surface area contributed by atoms with Crippen LogP contribution in [0.2, 0.25) is 0 Å². The Morgan fingerprint density at radius 2 is 1.96 bits per heavy atom. The number of aliphatic hydroxyl groups is 2. The molecule has 3 nitrogen and oxygen atoms in total. The maximum Gasteiger partial charge on any atom is 0.0626 e. The number of hydrogen-bond acceptors (Lipinski definition) is 3. The van der Waals surface area contributed by atoms with E-state index in [-0.39, 0.29) is 12.7 Å². The largest absolute Gasteiger partial charge is 0.394 e. The highest BCUT2D eigenvalue weighted by Gasteiger charge is 2.58. The third-order valence-electron chi connectivity index (χ3n) is 9.04. The van der Waals surface area contributed by atoms with Crippen LogP contribution in [0.25, 0.3) is 0 Å². The number of allylic oxidation sites excluding steroid dienone is 1. The van der Waals surface area contributed by atoms with Gasteiger partial charge < -0.3 is 10.2 Å². The first-order chi connectivity index (χ1) is 12.4. The molecule has 0 unspecified atom stereocenters. The van der Waals surface area contributed by atoms with Gasteiger partial charge in [-0.2, -0.15) is 0 Å². The van der Waals surface area contributed by atoms with Gasteiger partial charge in [-0.1, -0.05) is 25.5 Å². The molecule has 4 aliphatic rings. The van der Waals surface area contributed by atoms with Crippen LogP contribution in [0.4, 0.5) is 0 Å². The van der Waals surface area contributed by atoms with Crippen molar-refractivity contribution >= 4 is 5.71 Å². The van der Waals surface area contributed by atoms with E-state index in [1.807, 2.05) is 0 Å². The molecule has 3 heteroatoms. The molecule has 2 N–H and O–H groups in total. The molecule has 0 aliphatic heterocycles. The van der Waals surface area contributed by atoms with Crippen molar-refractivity contribution < 1.29 is 10.2 Å². The lowest BCUT2D eigenvalue weighted by Crippen LogP contribution is -2.50.